The van der Waals surface area contributed by atoms with E-state index in [-0.39, 0.29) is 17.7 Å². The number of carbonyl (C=O) groups is 2. The molecule has 1 aliphatic rings. The van der Waals surface area contributed by atoms with Crippen LogP contribution in [0.5, 0.6) is 0 Å². The first-order chi connectivity index (χ1) is 12.5. The summed E-state index contributed by atoms with van der Waals surface area (Å²) >= 11 is 6.35. The largest absolute Gasteiger partial charge is 0.478 e. The summed E-state index contributed by atoms with van der Waals surface area (Å²) in [6.07, 6.45) is 1.59. The van der Waals surface area contributed by atoms with Gasteiger partial charge in [-0.15, -0.1) is 0 Å². The summed E-state index contributed by atoms with van der Waals surface area (Å²) in [5.74, 6) is -0.983. The maximum atomic E-state index is 12.3. The average Bonchev–Trinajstić information content (AvgIpc) is 2.55. The number of aryl methyl sites for hydroxylation is 1. The number of rotatable bonds is 4. The second kappa shape index (κ2) is 8.48. The Labute approximate surface area is 166 Å². The maximum absolute atomic E-state index is 12.3. The number of amides is 1. The minimum Gasteiger partial charge on any atom is -0.478 e. The summed E-state index contributed by atoms with van der Waals surface area (Å²) in [6.45, 7) is 9.72. The van der Waals surface area contributed by atoms with Crippen molar-refractivity contribution in [2.45, 2.75) is 58.7 Å². The summed E-state index contributed by atoms with van der Waals surface area (Å²) < 4.78 is 5.47. The van der Waals surface area contributed by atoms with Crippen LogP contribution in [0.25, 0.3) is 0 Å². The second-order valence-corrected chi connectivity index (χ2v) is 8.59. The summed E-state index contributed by atoms with van der Waals surface area (Å²) in [5.41, 5.74) is 1.48. The van der Waals surface area contributed by atoms with Gasteiger partial charge in [0, 0.05) is 31.2 Å². The molecule has 27 heavy (non-hydrogen) atoms. The van der Waals surface area contributed by atoms with Gasteiger partial charge in [-0.25, -0.2) is 9.59 Å². The van der Waals surface area contributed by atoms with Crippen LogP contribution in [0.3, 0.4) is 0 Å². The molecule has 0 saturated carbocycles. The Kier molecular flexibility index (Phi) is 6.76. The number of piperidine rings is 1. The lowest BCUT2D eigenvalue weighted by atomic mass is 10.0. The van der Waals surface area contributed by atoms with Gasteiger partial charge in [0.2, 0.25) is 0 Å². The van der Waals surface area contributed by atoms with Crippen LogP contribution in [0.2, 0.25) is 5.02 Å². The van der Waals surface area contributed by atoms with E-state index in [0.29, 0.717) is 11.6 Å². The lowest BCUT2D eigenvalue weighted by molar-refractivity contribution is 0.0129. The number of likely N-dealkylation sites (tertiary alicyclic amines) is 1. The van der Waals surface area contributed by atoms with Gasteiger partial charge in [-0.1, -0.05) is 11.6 Å². The molecule has 7 heteroatoms. The van der Waals surface area contributed by atoms with Gasteiger partial charge >= 0.3 is 12.1 Å². The van der Waals surface area contributed by atoms with E-state index in [9.17, 15) is 9.59 Å². The number of carboxylic acids is 1. The Morgan fingerprint density at radius 2 is 2.04 bits per heavy atom. The van der Waals surface area contributed by atoms with Crippen LogP contribution in [-0.4, -0.2) is 58.7 Å². The van der Waals surface area contributed by atoms with Crippen LogP contribution in [0.1, 0.15) is 55.1 Å². The quantitative estimate of drug-likeness (QED) is 0.826. The lowest BCUT2D eigenvalue weighted by Gasteiger charge is -2.38. The minimum absolute atomic E-state index is 0.0750. The molecule has 0 spiro atoms. The Morgan fingerprint density at radius 1 is 1.37 bits per heavy atom. The van der Waals surface area contributed by atoms with Crippen molar-refractivity contribution in [3.63, 3.8) is 0 Å². The van der Waals surface area contributed by atoms with Crippen molar-refractivity contribution in [1.29, 1.82) is 0 Å². The third-order valence-electron chi connectivity index (χ3n) is 4.76. The Morgan fingerprint density at radius 3 is 2.59 bits per heavy atom. The molecular weight excluding hydrogens is 368 g/mol. The molecule has 150 valence electrons. The number of carbonyl (C=O) groups excluding carboxylic acids is 1. The summed E-state index contributed by atoms with van der Waals surface area (Å²) in [4.78, 5) is 27.4. The topological polar surface area (TPSA) is 70.1 Å². The molecule has 6 nitrogen and oxygen atoms in total. The second-order valence-electron chi connectivity index (χ2n) is 8.18. The van der Waals surface area contributed by atoms with Crippen molar-refractivity contribution in [3.8, 4) is 0 Å². The molecule has 1 amide bonds. The SMILES string of the molecule is Cc1cc(C(=O)O)cc(Cl)c1CN1CCCC(N(C)C(=O)OC(C)(C)C)C1. The highest BCUT2D eigenvalue weighted by Crippen LogP contribution is 2.26. The molecule has 0 aliphatic carbocycles. The van der Waals surface area contributed by atoms with Gasteiger partial charge in [0.15, 0.2) is 0 Å². The Bertz CT molecular complexity index is 691. The number of carboxylic acid groups (broad SMARTS) is 1. The van der Waals surface area contributed by atoms with Gasteiger partial charge in [0.25, 0.3) is 0 Å². The van der Waals surface area contributed by atoms with Crippen LogP contribution in [0, 0.1) is 6.92 Å². The van der Waals surface area contributed by atoms with Gasteiger partial charge in [0.1, 0.15) is 5.60 Å². The van der Waals surface area contributed by atoms with Crippen molar-refractivity contribution in [2.24, 2.45) is 0 Å². The molecule has 1 unspecified atom stereocenters. The van der Waals surface area contributed by atoms with Crippen molar-refractivity contribution >= 4 is 23.7 Å². The predicted octanol–water partition coefficient (Wildman–Crippen LogP) is 4.18. The first-order valence-corrected chi connectivity index (χ1v) is 9.56. The molecule has 2 rings (SSSR count). The monoisotopic (exact) mass is 396 g/mol. The van der Waals surface area contributed by atoms with Gasteiger partial charge < -0.3 is 14.7 Å². The molecular formula is C20H29ClN2O4. The molecule has 1 N–H and O–H groups in total. The zero-order chi connectivity index (χ0) is 20.4. The lowest BCUT2D eigenvalue weighted by Crippen LogP contribution is -2.49. The van der Waals surface area contributed by atoms with Crippen LogP contribution in [0.15, 0.2) is 12.1 Å². The first-order valence-electron chi connectivity index (χ1n) is 9.18. The molecule has 0 aromatic heterocycles. The van der Waals surface area contributed by atoms with Gasteiger partial charge in [-0.3, -0.25) is 4.90 Å². The molecule has 1 aromatic carbocycles. The standard InChI is InChI=1S/C20H29ClN2O4/c1-13-9-14(18(24)25)10-17(21)16(13)12-23-8-6-7-15(11-23)22(5)19(26)27-20(2,3)4/h9-10,15H,6-8,11-12H2,1-5H3,(H,24,25). The third kappa shape index (κ3) is 5.84. The molecule has 1 aromatic rings. The van der Waals surface area contributed by atoms with Crippen molar-refractivity contribution in [1.82, 2.24) is 9.80 Å². The highest BCUT2D eigenvalue weighted by Gasteiger charge is 2.29. The summed E-state index contributed by atoms with van der Waals surface area (Å²) in [6, 6.07) is 3.23. The molecule has 1 atom stereocenters. The van der Waals surface area contributed by atoms with Crippen molar-refractivity contribution < 1.29 is 19.4 Å². The molecule has 1 heterocycles. The van der Waals surface area contributed by atoms with Crippen LogP contribution >= 0.6 is 11.6 Å². The van der Waals surface area contributed by atoms with Gasteiger partial charge in [-0.2, -0.15) is 0 Å². The number of benzene rings is 1. The van der Waals surface area contributed by atoms with Crippen LogP contribution in [0.4, 0.5) is 4.79 Å². The minimum atomic E-state index is -0.983. The average molecular weight is 397 g/mol. The number of aromatic carboxylic acids is 1. The van der Waals surface area contributed by atoms with E-state index in [2.05, 4.69) is 4.90 Å². The van der Waals surface area contributed by atoms with E-state index in [1.807, 2.05) is 27.7 Å². The van der Waals surface area contributed by atoms with E-state index in [0.717, 1.165) is 37.1 Å². The van der Waals surface area contributed by atoms with Crippen molar-refractivity contribution in [2.75, 3.05) is 20.1 Å². The van der Waals surface area contributed by atoms with E-state index in [1.54, 1.807) is 18.0 Å². The fourth-order valence-electron chi connectivity index (χ4n) is 3.30. The first kappa shape index (κ1) is 21.5. The van der Waals surface area contributed by atoms with Crippen LogP contribution in [-0.2, 0) is 11.3 Å². The fourth-order valence-corrected chi connectivity index (χ4v) is 3.62. The Hall–Kier alpha value is -1.79. The molecule has 1 fully saturated rings. The summed E-state index contributed by atoms with van der Waals surface area (Å²) in [7, 11) is 1.78. The highest BCUT2D eigenvalue weighted by atomic mass is 35.5. The van der Waals surface area contributed by atoms with Crippen molar-refractivity contribution in [3.05, 3.63) is 33.8 Å². The zero-order valence-electron chi connectivity index (χ0n) is 16.7. The van der Waals surface area contributed by atoms with E-state index in [4.69, 9.17) is 21.4 Å². The molecule has 1 aliphatic heterocycles. The van der Waals surface area contributed by atoms with Crippen LogP contribution < -0.4 is 0 Å². The zero-order valence-corrected chi connectivity index (χ0v) is 17.5. The maximum Gasteiger partial charge on any atom is 0.410 e. The number of hydrogen-bond acceptors (Lipinski definition) is 4. The van der Waals surface area contributed by atoms with Gasteiger partial charge in [-0.05, 0) is 70.3 Å². The molecule has 1 saturated heterocycles. The highest BCUT2D eigenvalue weighted by molar-refractivity contribution is 6.31. The van der Waals surface area contributed by atoms with E-state index < -0.39 is 11.6 Å². The summed E-state index contributed by atoms with van der Waals surface area (Å²) in [5, 5.41) is 9.62. The fraction of sp³-hybridized carbons (Fsp3) is 0.600. The number of hydrogen-bond donors (Lipinski definition) is 1. The predicted molar refractivity (Wildman–Crippen MR) is 105 cm³/mol. The van der Waals surface area contributed by atoms with Gasteiger partial charge in [0.05, 0.1) is 5.56 Å². The Balaban J connectivity index is 2.07. The molecule has 0 bridgehead atoms. The number of likely N-dealkylation sites (N-methyl/N-ethyl adjacent to an activating group) is 1. The smallest absolute Gasteiger partial charge is 0.410 e. The molecule has 0 radical (unpaired) electrons. The number of nitrogens with zero attached hydrogens (tertiary/aromatic N) is 2. The van der Waals surface area contributed by atoms with E-state index in [1.165, 1.54) is 6.07 Å². The number of ether oxygens (including phenoxy) is 1. The third-order valence-corrected chi connectivity index (χ3v) is 5.09. The normalized spacial score (nSPS) is 18.2. The van der Waals surface area contributed by atoms with E-state index >= 15 is 0 Å². The number of halogens is 1.